The Hall–Kier alpha value is -1.11. The first kappa shape index (κ1) is 29.3. The molecule has 0 amide bonds. The summed E-state index contributed by atoms with van der Waals surface area (Å²) >= 11 is 0. The van der Waals surface area contributed by atoms with Gasteiger partial charge in [0.15, 0.2) is 0 Å². The van der Waals surface area contributed by atoms with Gasteiger partial charge in [-0.3, -0.25) is 4.79 Å². The van der Waals surface area contributed by atoms with Crippen LogP contribution < -0.4 is 0 Å². The number of carbonyl (C=O) groups excluding carboxylic acids is 1. The van der Waals surface area contributed by atoms with E-state index < -0.39 is 0 Å². The molecule has 0 saturated carbocycles. The number of allylic oxidation sites excluding steroid dienone is 4. The average molecular weight is 236 g/mol. The van der Waals surface area contributed by atoms with Gasteiger partial charge in [0.2, 0.25) is 0 Å². The molecule has 0 radical (unpaired) electrons. The Balaban J connectivity index is -0.0000000332. The molecule has 0 aliphatic carbocycles. The van der Waals surface area contributed by atoms with Gasteiger partial charge in [0.05, 0.1) is 0 Å². The van der Waals surface area contributed by atoms with E-state index in [2.05, 4.69) is 20.0 Å². The van der Waals surface area contributed by atoms with Gasteiger partial charge in [0, 0.05) is 17.1 Å². The monoisotopic (exact) mass is 236 g/mol. The van der Waals surface area contributed by atoms with Gasteiger partial charge in [0.1, 0.15) is 6.29 Å². The molecule has 0 aromatic carbocycles. The SMILES string of the molecule is C/C=C/C=C/C=O.[C-]#[O+].[C-]#[O+].[C-]#[O+].[Fe]. The van der Waals surface area contributed by atoms with Crippen LogP contribution in [0.2, 0.25) is 0 Å². The molecule has 0 aromatic rings. The summed E-state index contributed by atoms with van der Waals surface area (Å²) in [4.78, 5) is 9.56. The molecule has 0 spiro atoms. The molecule has 0 unspecified atom stereocenters. The third-order valence-electron chi connectivity index (χ3n) is 0.493. The third-order valence-corrected chi connectivity index (χ3v) is 0.493. The molecule has 0 aliphatic heterocycles. The summed E-state index contributed by atoms with van der Waals surface area (Å²) in [5.74, 6) is 0. The largest absolute Gasteiger partial charge is 0 e. The molecule has 4 nitrogen and oxygen atoms in total. The van der Waals surface area contributed by atoms with Crippen LogP contribution in [0.4, 0.5) is 0 Å². The molecule has 0 aromatic heterocycles. The van der Waals surface area contributed by atoms with E-state index in [0.29, 0.717) is 0 Å². The summed E-state index contributed by atoms with van der Waals surface area (Å²) in [6.45, 7) is 15.4. The Morgan fingerprint density at radius 2 is 1.21 bits per heavy atom. The summed E-state index contributed by atoms with van der Waals surface area (Å²) in [5.41, 5.74) is 0. The second-order valence-electron chi connectivity index (χ2n) is 1.05. The Morgan fingerprint density at radius 3 is 1.43 bits per heavy atom. The molecule has 0 rings (SSSR count). The van der Waals surface area contributed by atoms with E-state index in [-0.39, 0.29) is 17.1 Å². The minimum atomic E-state index is 0. The van der Waals surface area contributed by atoms with Gasteiger partial charge in [-0.05, 0) is 13.0 Å². The summed E-state index contributed by atoms with van der Waals surface area (Å²) in [6.07, 6.45) is 7.54. The first-order valence-electron chi connectivity index (χ1n) is 2.76. The summed E-state index contributed by atoms with van der Waals surface area (Å²) < 4.78 is 22.5. The van der Waals surface area contributed by atoms with E-state index in [9.17, 15) is 4.79 Å². The van der Waals surface area contributed by atoms with Crippen LogP contribution in [0.25, 0.3) is 0 Å². The van der Waals surface area contributed by atoms with Crippen molar-refractivity contribution in [3.8, 4) is 0 Å². The van der Waals surface area contributed by atoms with Crippen molar-refractivity contribution in [3.05, 3.63) is 44.3 Å². The Labute approximate surface area is 93.7 Å². The van der Waals surface area contributed by atoms with Gasteiger partial charge >= 0.3 is 33.9 Å². The molecule has 0 heterocycles. The maximum atomic E-state index is 9.56. The smallest absolute Gasteiger partial charge is 0 e. The number of hydrogen-bond acceptors (Lipinski definition) is 1. The van der Waals surface area contributed by atoms with Crippen molar-refractivity contribution in [3.63, 3.8) is 0 Å². The van der Waals surface area contributed by atoms with Crippen molar-refractivity contribution >= 4 is 6.29 Å². The van der Waals surface area contributed by atoms with Crippen LogP contribution in [-0.4, -0.2) is 6.29 Å². The number of hydrogen-bond donors (Lipinski definition) is 0. The Morgan fingerprint density at radius 1 is 0.857 bits per heavy atom. The normalized spacial score (nSPS) is 5.93. The predicted molar refractivity (Wildman–Crippen MR) is 41.8 cm³/mol. The van der Waals surface area contributed by atoms with Crippen LogP contribution in [0.5, 0.6) is 0 Å². The van der Waals surface area contributed by atoms with Gasteiger partial charge < -0.3 is 0 Å². The molecule has 5 heteroatoms. The number of rotatable bonds is 2. The van der Waals surface area contributed by atoms with Gasteiger partial charge in [-0.25, -0.2) is 0 Å². The van der Waals surface area contributed by atoms with Crippen molar-refractivity contribution in [2.24, 2.45) is 0 Å². The maximum absolute atomic E-state index is 9.56. The molecule has 0 saturated heterocycles. The van der Waals surface area contributed by atoms with Crippen molar-refractivity contribution < 1.29 is 35.8 Å². The Bertz CT molecular complexity index is 174. The average Bonchev–Trinajstić information content (AvgIpc) is 2.27. The number of aldehydes is 1. The van der Waals surface area contributed by atoms with Gasteiger partial charge in [0.25, 0.3) is 0 Å². The molecule has 0 N–H and O–H groups in total. The van der Waals surface area contributed by atoms with Crippen molar-refractivity contribution in [2.45, 2.75) is 6.92 Å². The van der Waals surface area contributed by atoms with Crippen LogP contribution in [0.1, 0.15) is 6.92 Å². The van der Waals surface area contributed by atoms with Crippen LogP contribution in [0.15, 0.2) is 24.3 Å². The van der Waals surface area contributed by atoms with E-state index in [1.807, 2.05) is 13.0 Å². The molecular formula is C9H8FeO4. The summed E-state index contributed by atoms with van der Waals surface area (Å²) in [5, 5.41) is 0. The zero-order chi connectivity index (χ0) is 11.5. The van der Waals surface area contributed by atoms with Crippen molar-refractivity contribution in [1.82, 2.24) is 0 Å². The van der Waals surface area contributed by atoms with Gasteiger partial charge in [-0.1, -0.05) is 18.2 Å². The summed E-state index contributed by atoms with van der Waals surface area (Å²) in [7, 11) is 0. The standard InChI is InChI=1S/C6H8O.3CO.Fe/c1-2-3-4-5-6-7;3*1-2;/h2-6H,1H3;;;;/b3-2+,5-4+;;;;. The topological polar surface area (TPSA) is 76.8 Å². The zero-order valence-corrected chi connectivity index (χ0v) is 8.48. The molecule has 0 fully saturated rings. The molecule has 76 valence electrons. The molecular weight excluding hydrogens is 228 g/mol. The minimum absolute atomic E-state index is 0. The van der Waals surface area contributed by atoms with E-state index in [0.717, 1.165) is 6.29 Å². The fourth-order valence-electron chi connectivity index (χ4n) is 0.221. The molecule has 0 bridgehead atoms. The third kappa shape index (κ3) is 128. The predicted octanol–water partition coefficient (Wildman–Crippen LogP) is 1.20. The zero-order valence-electron chi connectivity index (χ0n) is 7.37. The second kappa shape index (κ2) is 93.2. The van der Waals surface area contributed by atoms with Crippen LogP contribution in [-0.2, 0) is 35.8 Å². The van der Waals surface area contributed by atoms with Gasteiger partial charge in [-0.15, -0.1) is 0 Å². The van der Waals surface area contributed by atoms with E-state index in [1.165, 1.54) is 6.08 Å². The van der Waals surface area contributed by atoms with Crippen LogP contribution in [0.3, 0.4) is 0 Å². The van der Waals surface area contributed by atoms with Crippen molar-refractivity contribution in [2.75, 3.05) is 0 Å². The first-order valence-corrected chi connectivity index (χ1v) is 2.76. The van der Waals surface area contributed by atoms with Gasteiger partial charge in [-0.2, -0.15) is 0 Å². The van der Waals surface area contributed by atoms with Crippen molar-refractivity contribution in [1.29, 1.82) is 0 Å². The molecule has 0 atom stereocenters. The Kier molecular flexibility index (Phi) is 195. The minimum Gasteiger partial charge on any atom is 0 e. The van der Waals surface area contributed by atoms with E-state index in [4.69, 9.17) is 14.0 Å². The van der Waals surface area contributed by atoms with Crippen LogP contribution in [0, 0.1) is 20.0 Å². The fraction of sp³-hybridized carbons (Fsp3) is 0.111. The molecule has 14 heavy (non-hydrogen) atoms. The van der Waals surface area contributed by atoms with E-state index in [1.54, 1.807) is 12.2 Å². The summed E-state index contributed by atoms with van der Waals surface area (Å²) in [6, 6.07) is 0. The first-order chi connectivity index (χ1) is 6.41. The van der Waals surface area contributed by atoms with Crippen LogP contribution >= 0.6 is 0 Å². The fourth-order valence-corrected chi connectivity index (χ4v) is 0.221. The quantitative estimate of drug-likeness (QED) is 0.177. The van der Waals surface area contributed by atoms with E-state index >= 15 is 0 Å². The number of carbonyl (C=O) groups is 1. The maximum Gasteiger partial charge on any atom is 0 e. The molecule has 0 aliphatic rings. The second-order valence-corrected chi connectivity index (χ2v) is 1.05.